The van der Waals surface area contributed by atoms with Crippen LogP contribution in [0.25, 0.3) is 0 Å². The monoisotopic (exact) mass is 146 g/mol. The van der Waals surface area contributed by atoms with E-state index in [9.17, 15) is 4.79 Å². The second-order valence-electron chi connectivity index (χ2n) is 1.12. The zero-order valence-electron chi connectivity index (χ0n) is 4.24. The second kappa shape index (κ2) is 5.07. The fourth-order valence-electron chi connectivity index (χ4n) is 0.356. The molecule has 0 aromatic rings. The van der Waals surface area contributed by atoms with Gasteiger partial charge in [0.25, 0.3) is 0 Å². The minimum atomic E-state index is 0.0926. The van der Waals surface area contributed by atoms with Gasteiger partial charge in [0.05, 0.1) is 0 Å². The number of hydrogen-bond acceptors (Lipinski definition) is 2. The van der Waals surface area contributed by atoms with E-state index in [0.29, 0.717) is 0 Å². The van der Waals surface area contributed by atoms with E-state index >= 15 is 0 Å². The first-order chi connectivity index (χ1) is 3.89. The summed E-state index contributed by atoms with van der Waals surface area (Å²) >= 11 is 3.44. The van der Waals surface area contributed by atoms with Crippen molar-refractivity contribution in [2.24, 2.45) is 0 Å². The van der Waals surface area contributed by atoms with Gasteiger partial charge in [0, 0.05) is 0 Å². The highest BCUT2D eigenvalue weighted by Crippen LogP contribution is 1.89. The number of hydrogen-bond donors (Lipinski definition) is 1. The summed E-state index contributed by atoms with van der Waals surface area (Å²) < 4.78 is 0. The first-order valence-corrected chi connectivity index (χ1v) is 4.11. The molecule has 1 aliphatic rings. The van der Waals surface area contributed by atoms with Crippen LogP contribution in [0.4, 0.5) is 0 Å². The maximum Gasteiger partial charge on any atom is 0.178 e. The van der Waals surface area contributed by atoms with Gasteiger partial charge < -0.3 is 0 Å². The highest BCUT2D eigenvalue weighted by molar-refractivity contribution is 8.31. The SMILES string of the molecule is O=C1C=CC=C1.PS. The third kappa shape index (κ3) is 3.00. The van der Waals surface area contributed by atoms with Gasteiger partial charge in [0.1, 0.15) is 0 Å². The molecule has 1 atom stereocenters. The molecule has 0 spiro atoms. The van der Waals surface area contributed by atoms with Gasteiger partial charge in [0.15, 0.2) is 5.78 Å². The average Bonchev–Trinajstić information content (AvgIpc) is 2.24. The fraction of sp³-hybridized carbons (Fsp3) is 0. The largest absolute Gasteiger partial charge is 0.290 e. The average molecular weight is 146 g/mol. The van der Waals surface area contributed by atoms with Crippen LogP contribution in [0.3, 0.4) is 0 Å². The molecule has 44 valence electrons. The molecule has 0 bridgehead atoms. The number of rotatable bonds is 0. The maximum absolute atomic E-state index is 10.1. The summed E-state index contributed by atoms with van der Waals surface area (Å²) in [5.41, 5.74) is 0. The lowest BCUT2D eigenvalue weighted by atomic mass is 10.5. The van der Waals surface area contributed by atoms with Gasteiger partial charge in [0.2, 0.25) is 0 Å². The first kappa shape index (κ1) is 7.93. The lowest BCUT2D eigenvalue weighted by Gasteiger charge is -1.62. The van der Waals surface area contributed by atoms with Gasteiger partial charge in [-0.05, 0) is 12.2 Å². The number of carbonyl (C=O) groups excluding carboxylic acids is 1. The summed E-state index contributed by atoms with van der Waals surface area (Å²) in [4.78, 5) is 10.1. The van der Waals surface area contributed by atoms with Crippen molar-refractivity contribution in [2.45, 2.75) is 0 Å². The van der Waals surface area contributed by atoms with Crippen LogP contribution in [0, 0.1) is 0 Å². The molecule has 3 heteroatoms. The van der Waals surface area contributed by atoms with Crippen molar-refractivity contribution in [3.63, 3.8) is 0 Å². The van der Waals surface area contributed by atoms with E-state index in [1.54, 1.807) is 12.2 Å². The molecule has 1 rings (SSSR count). The zero-order chi connectivity index (χ0) is 6.41. The Morgan fingerprint density at radius 3 is 1.75 bits per heavy atom. The molecule has 0 saturated heterocycles. The Kier molecular flexibility index (Phi) is 5.03. The Morgan fingerprint density at radius 2 is 1.62 bits per heavy atom. The molecule has 1 unspecified atom stereocenters. The summed E-state index contributed by atoms with van der Waals surface area (Å²) in [7, 11) is 2.11. The molecule has 0 N–H and O–H groups in total. The highest BCUT2D eigenvalue weighted by Gasteiger charge is 1.88. The van der Waals surface area contributed by atoms with Crippen LogP contribution in [0.15, 0.2) is 24.3 Å². The van der Waals surface area contributed by atoms with Crippen molar-refractivity contribution in [1.82, 2.24) is 0 Å². The van der Waals surface area contributed by atoms with E-state index in [4.69, 9.17) is 0 Å². The van der Waals surface area contributed by atoms with Gasteiger partial charge in [-0.25, -0.2) is 0 Å². The van der Waals surface area contributed by atoms with Crippen molar-refractivity contribution in [1.29, 1.82) is 0 Å². The van der Waals surface area contributed by atoms with Crippen LogP contribution in [0.5, 0.6) is 0 Å². The fourth-order valence-corrected chi connectivity index (χ4v) is 0.356. The molecule has 0 heterocycles. The summed E-state index contributed by atoms with van der Waals surface area (Å²) in [6.07, 6.45) is 6.50. The third-order valence-corrected chi connectivity index (χ3v) is 0.632. The van der Waals surface area contributed by atoms with E-state index in [0.717, 1.165) is 0 Å². The van der Waals surface area contributed by atoms with Crippen LogP contribution >= 0.6 is 20.7 Å². The van der Waals surface area contributed by atoms with E-state index in [2.05, 4.69) is 20.7 Å². The summed E-state index contributed by atoms with van der Waals surface area (Å²) in [6.45, 7) is 0. The molecule has 0 aromatic heterocycles. The molecule has 8 heavy (non-hydrogen) atoms. The van der Waals surface area contributed by atoms with E-state index in [1.165, 1.54) is 12.2 Å². The molecule has 0 saturated carbocycles. The van der Waals surface area contributed by atoms with Gasteiger partial charge in [-0.15, -0.1) is 0 Å². The molecule has 1 aliphatic carbocycles. The Balaban J connectivity index is 0.000000222. The zero-order valence-corrected chi connectivity index (χ0v) is 6.29. The summed E-state index contributed by atoms with van der Waals surface area (Å²) in [5, 5.41) is 0. The molecule has 0 aliphatic heterocycles. The van der Waals surface area contributed by atoms with E-state index in [1.807, 2.05) is 0 Å². The van der Waals surface area contributed by atoms with Crippen molar-refractivity contribution < 1.29 is 4.79 Å². The smallest absolute Gasteiger partial charge is 0.178 e. The lowest BCUT2D eigenvalue weighted by Crippen LogP contribution is -1.75. The first-order valence-electron chi connectivity index (χ1n) is 2.04. The molecule has 1 nitrogen and oxygen atoms in total. The van der Waals surface area contributed by atoms with E-state index < -0.39 is 0 Å². The molecule has 0 radical (unpaired) electrons. The molecule has 0 aromatic carbocycles. The Morgan fingerprint density at radius 1 is 1.25 bits per heavy atom. The lowest BCUT2D eigenvalue weighted by molar-refractivity contribution is -0.110. The van der Waals surface area contributed by atoms with E-state index in [-0.39, 0.29) is 5.78 Å². The predicted molar refractivity (Wildman–Crippen MR) is 42.0 cm³/mol. The summed E-state index contributed by atoms with van der Waals surface area (Å²) in [5.74, 6) is 0.0926. The standard InChI is InChI=1S/C5H4O.H3PS/c6-5-3-1-2-4-5;1-2/h1-4H;2H,1H2. The Hall–Kier alpha value is -0.0700. The van der Waals surface area contributed by atoms with Gasteiger partial charge in [-0.1, -0.05) is 20.6 Å². The van der Waals surface area contributed by atoms with Crippen LogP contribution in [0.1, 0.15) is 0 Å². The third-order valence-electron chi connectivity index (χ3n) is 0.632. The number of ketones is 1. The second-order valence-corrected chi connectivity index (χ2v) is 1.12. The van der Waals surface area contributed by atoms with Gasteiger partial charge in [-0.3, -0.25) is 4.79 Å². The van der Waals surface area contributed by atoms with Crippen molar-refractivity contribution in [3.8, 4) is 0 Å². The van der Waals surface area contributed by atoms with Gasteiger partial charge in [-0.2, -0.15) is 12.2 Å². The normalized spacial score (nSPS) is 13.5. The highest BCUT2D eigenvalue weighted by atomic mass is 32.7. The Bertz CT molecular complexity index is 114. The van der Waals surface area contributed by atoms with Gasteiger partial charge >= 0.3 is 0 Å². The van der Waals surface area contributed by atoms with Crippen LogP contribution in [-0.4, -0.2) is 5.78 Å². The molecule has 0 amide bonds. The van der Waals surface area contributed by atoms with Crippen LogP contribution in [-0.2, 0) is 4.79 Å². The minimum Gasteiger partial charge on any atom is -0.290 e. The van der Waals surface area contributed by atoms with Crippen molar-refractivity contribution in [2.75, 3.05) is 0 Å². The van der Waals surface area contributed by atoms with Crippen molar-refractivity contribution in [3.05, 3.63) is 24.3 Å². The van der Waals surface area contributed by atoms with Crippen molar-refractivity contribution >= 4 is 26.5 Å². The quantitative estimate of drug-likeness (QED) is 0.403. The maximum atomic E-state index is 10.1. The number of allylic oxidation sites excluding steroid dienone is 4. The number of thiol groups is 1. The summed E-state index contributed by atoms with van der Waals surface area (Å²) in [6, 6.07) is 0. The van der Waals surface area contributed by atoms with Crippen LogP contribution < -0.4 is 0 Å². The molecule has 0 fully saturated rings. The Labute approximate surface area is 56.2 Å². The molecular weight excluding hydrogens is 139 g/mol. The van der Waals surface area contributed by atoms with Crippen LogP contribution in [0.2, 0.25) is 0 Å². The molecular formula is C5H7OPS. The topological polar surface area (TPSA) is 17.1 Å². The predicted octanol–water partition coefficient (Wildman–Crippen LogP) is 1.39. The minimum absolute atomic E-state index is 0.0926. The number of carbonyl (C=O) groups is 1.